The molecule has 1 aromatic carbocycles. The van der Waals surface area contributed by atoms with Gasteiger partial charge in [-0.3, -0.25) is 4.72 Å². The van der Waals surface area contributed by atoms with Gasteiger partial charge in [0.15, 0.2) is 11.5 Å². The Bertz CT molecular complexity index is 737. The first kappa shape index (κ1) is 13.3. The van der Waals surface area contributed by atoms with Crippen LogP contribution in [0.2, 0.25) is 0 Å². The van der Waals surface area contributed by atoms with Crippen molar-refractivity contribution in [1.82, 2.24) is 0 Å². The number of rotatable bonds is 4. The fourth-order valence-corrected chi connectivity index (χ4v) is 4.20. The maximum atomic E-state index is 12.3. The van der Waals surface area contributed by atoms with Gasteiger partial charge in [0.25, 0.3) is 10.0 Å². The Morgan fingerprint density at radius 3 is 2.75 bits per heavy atom. The molecule has 0 bridgehead atoms. The molecule has 0 atom stereocenters. The van der Waals surface area contributed by atoms with Crippen molar-refractivity contribution in [2.45, 2.75) is 17.6 Å². The standard InChI is InChI=1S/C13H13NO4S2/c1-2-10-4-6-13(19-10)20(15,16)14-9-3-5-11-12(7-9)18-8-17-11/h3-7,14H,2,8H2,1H3. The second kappa shape index (κ2) is 4.99. The van der Waals surface area contributed by atoms with Crippen molar-refractivity contribution in [2.75, 3.05) is 11.5 Å². The maximum absolute atomic E-state index is 12.3. The average Bonchev–Trinajstić information content (AvgIpc) is 3.06. The molecular weight excluding hydrogens is 298 g/mol. The number of benzene rings is 1. The zero-order valence-corrected chi connectivity index (χ0v) is 12.4. The molecule has 7 heteroatoms. The Kier molecular flexibility index (Phi) is 3.31. The van der Waals surface area contributed by atoms with Crippen LogP contribution in [0.4, 0.5) is 5.69 Å². The minimum absolute atomic E-state index is 0.163. The van der Waals surface area contributed by atoms with E-state index in [0.717, 1.165) is 11.3 Å². The molecule has 0 radical (unpaired) electrons. The smallest absolute Gasteiger partial charge is 0.271 e. The van der Waals surface area contributed by atoms with Crippen LogP contribution in [0.25, 0.3) is 0 Å². The quantitative estimate of drug-likeness (QED) is 0.943. The number of fused-ring (bicyclic) bond motifs is 1. The van der Waals surface area contributed by atoms with Crippen molar-refractivity contribution in [1.29, 1.82) is 0 Å². The topological polar surface area (TPSA) is 64.6 Å². The maximum Gasteiger partial charge on any atom is 0.271 e. The molecule has 0 amide bonds. The van der Waals surface area contributed by atoms with Crippen LogP contribution >= 0.6 is 11.3 Å². The van der Waals surface area contributed by atoms with Gasteiger partial charge in [-0.2, -0.15) is 0 Å². The van der Waals surface area contributed by atoms with E-state index in [1.165, 1.54) is 11.3 Å². The monoisotopic (exact) mass is 311 g/mol. The van der Waals surface area contributed by atoms with Crippen LogP contribution in [0.5, 0.6) is 11.5 Å². The summed E-state index contributed by atoms with van der Waals surface area (Å²) in [6.07, 6.45) is 0.824. The SMILES string of the molecule is CCc1ccc(S(=O)(=O)Nc2ccc3c(c2)OCO3)s1. The van der Waals surface area contributed by atoms with Gasteiger partial charge < -0.3 is 9.47 Å². The summed E-state index contributed by atoms with van der Waals surface area (Å²) in [5, 5.41) is 0. The summed E-state index contributed by atoms with van der Waals surface area (Å²) in [6.45, 7) is 2.16. The minimum Gasteiger partial charge on any atom is -0.454 e. The Morgan fingerprint density at radius 2 is 2.00 bits per heavy atom. The third-order valence-corrected chi connectivity index (χ3v) is 5.98. The van der Waals surface area contributed by atoms with Crippen LogP contribution in [0, 0.1) is 0 Å². The fraction of sp³-hybridized carbons (Fsp3) is 0.231. The first-order chi connectivity index (χ1) is 9.58. The number of aryl methyl sites for hydroxylation is 1. The molecule has 1 aliphatic heterocycles. The van der Waals surface area contributed by atoms with Crippen molar-refractivity contribution in [3.63, 3.8) is 0 Å². The highest BCUT2D eigenvalue weighted by atomic mass is 32.2. The van der Waals surface area contributed by atoms with Gasteiger partial charge in [0.2, 0.25) is 6.79 Å². The van der Waals surface area contributed by atoms with Crippen LogP contribution in [0.1, 0.15) is 11.8 Å². The Hall–Kier alpha value is -1.73. The van der Waals surface area contributed by atoms with Crippen LogP contribution in [0.3, 0.4) is 0 Å². The number of nitrogens with one attached hydrogen (secondary N) is 1. The van der Waals surface area contributed by atoms with Gasteiger partial charge in [-0.25, -0.2) is 8.42 Å². The molecule has 0 aliphatic carbocycles. The van der Waals surface area contributed by atoms with Crippen molar-refractivity contribution in [2.24, 2.45) is 0 Å². The number of anilines is 1. The Morgan fingerprint density at radius 1 is 1.20 bits per heavy atom. The molecule has 2 heterocycles. The minimum atomic E-state index is -3.55. The van der Waals surface area contributed by atoms with Crippen LogP contribution in [-0.4, -0.2) is 15.2 Å². The number of thiophene rings is 1. The van der Waals surface area contributed by atoms with E-state index in [4.69, 9.17) is 9.47 Å². The number of hydrogen-bond donors (Lipinski definition) is 1. The molecule has 0 unspecified atom stereocenters. The molecule has 1 aliphatic rings. The van der Waals surface area contributed by atoms with E-state index >= 15 is 0 Å². The molecule has 0 fully saturated rings. The Balaban J connectivity index is 1.86. The first-order valence-electron chi connectivity index (χ1n) is 6.09. The van der Waals surface area contributed by atoms with E-state index in [1.807, 2.05) is 13.0 Å². The van der Waals surface area contributed by atoms with Crippen molar-refractivity contribution in [3.05, 3.63) is 35.2 Å². The lowest BCUT2D eigenvalue weighted by molar-refractivity contribution is 0.174. The molecule has 0 saturated heterocycles. The second-order valence-electron chi connectivity index (χ2n) is 4.25. The van der Waals surface area contributed by atoms with Gasteiger partial charge in [-0.15, -0.1) is 11.3 Å². The lowest BCUT2D eigenvalue weighted by Crippen LogP contribution is -2.11. The molecular formula is C13H13NO4S2. The van der Waals surface area contributed by atoms with Crippen LogP contribution in [-0.2, 0) is 16.4 Å². The van der Waals surface area contributed by atoms with Crippen molar-refractivity contribution < 1.29 is 17.9 Å². The Labute approximate surface area is 121 Å². The predicted octanol–water partition coefficient (Wildman–Crippen LogP) is 2.84. The predicted molar refractivity (Wildman–Crippen MR) is 77.1 cm³/mol. The van der Waals surface area contributed by atoms with Gasteiger partial charge in [-0.1, -0.05) is 6.92 Å². The van der Waals surface area contributed by atoms with E-state index in [2.05, 4.69) is 4.72 Å². The van der Waals surface area contributed by atoms with E-state index < -0.39 is 10.0 Å². The zero-order valence-electron chi connectivity index (χ0n) is 10.8. The molecule has 0 spiro atoms. The summed E-state index contributed by atoms with van der Waals surface area (Å²) in [5.74, 6) is 1.17. The fourth-order valence-electron chi connectivity index (χ4n) is 1.86. The van der Waals surface area contributed by atoms with Gasteiger partial charge in [-0.05, 0) is 30.7 Å². The number of sulfonamides is 1. The molecule has 2 aromatic rings. The summed E-state index contributed by atoms with van der Waals surface area (Å²) in [7, 11) is -3.55. The molecule has 106 valence electrons. The normalized spacial score (nSPS) is 13.4. The highest BCUT2D eigenvalue weighted by Gasteiger charge is 2.19. The lowest BCUT2D eigenvalue weighted by Gasteiger charge is -2.06. The third kappa shape index (κ3) is 2.46. The van der Waals surface area contributed by atoms with E-state index in [-0.39, 0.29) is 6.79 Å². The third-order valence-electron chi connectivity index (χ3n) is 2.88. The van der Waals surface area contributed by atoms with Crippen molar-refractivity contribution >= 4 is 27.0 Å². The van der Waals surface area contributed by atoms with Gasteiger partial charge in [0.1, 0.15) is 4.21 Å². The van der Waals surface area contributed by atoms with Crippen molar-refractivity contribution in [3.8, 4) is 11.5 Å². The van der Waals surface area contributed by atoms with E-state index in [0.29, 0.717) is 21.4 Å². The molecule has 5 nitrogen and oxygen atoms in total. The second-order valence-corrected chi connectivity index (χ2v) is 7.33. The molecule has 1 aromatic heterocycles. The highest BCUT2D eigenvalue weighted by molar-refractivity contribution is 7.94. The number of hydrogen-bond acceptors (Lipinski definition) is 5. The first-order valence-corrected chi connectivity index (χ1v) is 8.39. The largest absolute Gasteiger partial charge is 0.454 e. The summed E-state index contributed by atoms with van der Waals surface area (Å²) in [6, 6.07) is 8.41. The lowest BCUT2D eigenvalue weighted by atomic mass is 10.3. The van der Waals surface area contributed by atoms with Gasteiger partial charge in [0.05, 0.1) is 5.69 Å². The molecule has 1 N–H and O–H groups in total. The zero-order chi connectivity index (χ0) is 14.2. The molecule has 20 heavy (non-hydrogen) atoms. The summed E-state index contributed by atoms with van der Waals surface area (Å²) in [4.78, 5) is 1.04. The highest BCUT2D eigenvalue weighted by Crippen LogP contribution is 2.35. The average molecular weight is 311 g/mol. The number of ether oxygens (including phenoxy) is 2. The molecule has 0 saturated carbocycles. The summed E-state index contributed by atoms with van der Waals surface area (Å²) in [5.41, 5.74) is 0.459. The summed E-state index contributed by atoms with van der Waals surface area (Å²) >= 11 is 1.28. The molecule has 3 rings (SSSR count). The summed E-state index contributed by atoms with van der Waals surface area (Å²) < 4.78 is 37.8. The van der Waals surface area contributed by atoms with Crippen LogP contribution < -0.4 is 14.2 Å². The van der Waals surface area contributed by atoms with Gasteiger partial charge >= 0.3 is 0 Å². The van der Waals surface area contributed by atoms with E-state index in [1.54, 1.807) is 24.3 Å². The van der Waals surface area contributed by atoms with Gasteiger partial charge in [0, 0.05) is 10.9 Å². The van der Waals surface area contributed by atoms with Crippen LogP contribution in [0.15, 0.2) is 34.5 Å². The van der Waals surface area contributed by atoms with E-state index in [9.17, 15) is 8.42 Å².